The second-order valence-electron chi connectivity index (χ2n) is 5.46. The fraction of sp³-hybridized carbons (Fsp3) is 0.533. The van der Waals surface area contributed by atoms with Gasteiger partial charge in [0, 0.05) is 25.6 Å². The standard InChI is InChI=1S/C15H22ClN3O/c1-11-8-12(9-17)10-19(11)7-6-15(20)18-14-5-3-2-4-13(14)16/h2-5,11-12H,6-10,17H2,1H3,(H,18,20). The molecule has 1 fully saturated rings. The van der Waals surface area contributed by atoms with Gasteiger partial charge in [-0.2, -0.15) is 0 Å². The number of likely N-dealkylation sites (tertiary alicyclic amines) is 1. The molecule has 1 aromatic rings. The van der Waals surface area contributed by atoms with E-state index in [9.17, 15) is 4.79 Å². The van der Waals surface area contributed by atoms with E-state index in [0.717, 1.165) is 26.1 Å². The van der Waals surface area contributed by atoms with Gasteiger partial charge in [0.15, 0.2) is 0 Å². The third-order valence-electron chi connectivity index (χ3n) is 3.90. The number of nitrogens with one attached hydrogen (secondary N) is 1. The van der Waals surface area contributed by atoms with E-state index in [1.54, 1.807) is 6.07 Å². The summed E-state index contributed by atoms with van der Waals surface area (Å²) in [5.74, 6) is 0.568. The summed E-state index contributed by atoms with van der Waals surface area (Å²) < 4.78 is 0. The van der Waals surface area contributed by atoms with Crippen molar-refractivity contribution in [3.8, 4) is 0 Å². The molecule has 110 valence electrons. The summed E-state index contributed by atoms with van der Waals surface area (Å²) >= 11 is 6.02. The summed E-state index contributed by atoms with van der Waals surface area (Å²) in [4.78, 5) is 14.3. The predicted octanol–water partition coefficient (Wildman–Crippen LogP) is 2.34. The van der Waals surface area contributed by atoms with Gasteiger partial charge in [0.2, 0.25) is 5.91 Å². The summed E-state index contributed by atoms with van der Waals surface area (Å²) in [6.07, 6.45) is 1.61. The van der Waals surface area contributed by atoms with Crippen molar-refractivity contribution in [2.24, 2.45) is 11.7 Å². The third kappa shape index (κ3) is 3.95. The first-order valence-corrected chi connectivity index (χ1v) is 7.46. The number of halogens is 1. The van der Waals surface area contributed by atoms with E-state index in [2.05, 4.69) is 17.1 Å². The van der Waals surface area contributed by atoms with Crippen LogP contribution in [0, 0.1) is 5.92 Å². The lowest BCUT2D eigenvalue weighted by Crippen LogP contribution is -2.31. The summed E-state index contributed by atoms with van der Waals surface area (Å²) in [6.45, 7) is 4.69. The van der Waals surface area contributed by atoms with Gasteiger partial charge in [-0.3, -0.25) is 9.69 Å². The zero-order valence-electron chi connectivity index (χ0n) is 11.8. The van der Waals surface area contributed by atoms with Crippen molar-refractivity contribution in [2.75, 3.05) is 25.0 Å². The Bertz CT molecular complexity index is 466. The fourth-order valence-electron chi connectivity index (χ4n) is 2.72. The van der Waals surface area contributed by atoms with Crippen molar-refractivity contribution < 1.29 is 4.79 Å². The quantitative estimate of drug-likeness (QED) is 0.876. The maximum absolute atomic E-state index is 12.0. The monoisotopic (exact) mass is 295 g/mol. The summed E-state index contributed by atoms with van der Waals surface area (Å²) in [7, 11) is 0. The molecule has 4 nitrogen and oxygen atoms in total. The SMILES string of the molecule is CC1CC(CN)CN1CCC(=O)Nc1ccccc1Cl. The van der Waals surface area contributed by atoms with Gasteiger partial charge in [-0.1, -0.05) is 23.7 Å². The van der Waals surface area contributed by atoms with Crippen LogP contribution >= 0.6 is 11.6 Å². The molecule has 3 N–H and O–H groups in total. The minimum absolute atomic E-state index is 0.00139. The highest BCUT2D eigenvalue weighted by Crippen LogP contribution is 2.23. The molecule has 1 saturated heterocycles. The van der Waals surface area contributed by atoms with Crippen molar-refractivity contribution in [3.05, 3.63) is 29.3 Å². The third-order valence-corrected chi connectivity index (χ3v) is 4.23. The highest BCUT2D eigenvalue weighted by molar-refractivity contribution is 6.33. The number of amides is 1. The number of benzene rings is 1. The number of hydrogen-bond donors (Lipinski definition) is 2. The Morgan fingerprint density at radius 1 is 1.50 bits per heavy atom. The van der Waals surface area contributed by atoms with Crippen LogP contribution in [-0.2, 0) is 4.79 Å². The van der Waals surface area contributed by atoms with Crippen LogP contribution in [0.4, 0.5) is 5.69 Å². The molecule has 0 aromatic heterocycles. The molecule has 20 heavy (non-hydrogen) atoms. The van der Waals surface area contributed by atoms with E-state index >= 15 is 0 Å². The number of nitrogens with two attached hydrogens (primary N) is 1. The molecule has 0 saturated carbocycles. The van der Waals surface area contributed by atoms with Crippen molar-refractivity contribution in [2.45, 2.75) is 25.8 Å². The summed E-state index contributed by atoms with van der Waals surface area (Å²) in [5.41, 5.74) is 6.39. The number of anilines is 1. The average molecular weight is 296 g/mol. The van der Waals surface area contributed by atoms with Crippen LogP contribution in [0.15, 0.2) is 24.3 Å². The minimum Gasteiger partial charge on any atom is -0.330 e. The van der Waals surface area contributed by atoms with E-state index in [1.807, 2.05) is 18.2 Å². The second kappa shape index (κ2) is 7.07. The first-order chi connectivity index (χ1) is 9.60. The van der Waals surface area contributed by atoms with Crippen molar-refractivity contribution in [3.63, 3.8) is 0 Å². The van der Waals surface area contributed by atoms with Crippen LogP contribution in [0.3, 0.4) is 0 Å². The summed E-state index contributed by atoms with van der Waals surface area (Å²) in [5, 5.41) is 3.42. The zero-order chi connectivity index (χ0) is 14.5. The van der Waals surface area contributed by atoms with Crippen LogP contribution < -0.4 is 11.1 Å². The van der Waals surface area contributed by atoms with Gasteiger partial charge in [-0.25, -0.2) is 0 Å². The van der Waals surface area contributed by atoms with Gasteiger partial charge in [0.1, 0.15) is 0 Å². The molecule has 1 aliphatic rings. The summed E-state index contributed by atoms with van der Waals surface area (Å²) in [6, 6.07) is 7.79. The molecule has 2 unspecified atom stereocenters. The molecule has 1 heterocycles. The van der Waals surface area contributed by atoms with Crippen LogP contribution in [-0.4, -0.2) is 36.5 Å². The average Bonchev–Trinajstić information content (AvgIpc) is 2.80. The second-order valence-corrected chi connectivity index (χ2v) is 5.87. The Balaban J connectivity index is 1.80. The zero-order valence-corrected chi connectivity index (χ0v) is 12.6. The van der Waals surface area contributed by atoms with Gasteiger partial charge in [0.25, 0.3) is 0 Å². The maximum atomic E-state index is 12.0. The predicted molar refractivity (Wildman–Crippen MR) is 82.9 cm³/mol. The van der Waals surface area contributed by atoms with Crippen molar-refractivity contribution >= 4 is 23.2 Å². The van der Waals surface area contributed by atoms with E-state index in [-0.39, 0.29) is 5.91 Å². The smallest absolute Gasteiger partial charge is 0.225 e. The Hall–Kier alpha value is -1.10. The molecule has 1 aliphatic heterocycles. The lowest BCUT2D eigenvalue weighted by molar-refractivity contribution is -0.116. The highest BCUT2D eigenvalue weighted by atomic mass is 35.5. The Morgan fingerprint density at radius 2 is 2.25 bits per heavy atom. The Morgan fingerprint density at radius 3 is 2.90 bits per heavy atom. The van der Waals surface area contributed by atoms with Crippen molar-refractivity contribution in [1.29, 1.82) is 0 Å². The van der Waals surface area contributed by atoms with Gasteiger partial charge in [0.05, 0.1) is 10.7 Å². The molecule has 0 bridgehead atoms. The van der Waals surface area contributed by atoms with Gasteiger partial charge >= 0.3 is 0 Å². The minimum atomic E-state index is 0.00139. The van der Waals surface area contributed by atoms with Crippen LogP contribution in [0.2, 0.25) is 5.02 Å². The van der Waals surface area contributed by atoms with E-state index in [0.29, 0.717) is 29.1 Å². The van der Waals surface area contributed by atoms with Crippen LogP contribution in [0.25, 0.3) is 0 Å². The lowest BCUT2D eigenvalue weighted by Gasteiger charge is -2.20. The number of carbonyl (C=O) groups excluding carboxylic acids is 1. The Kier molecular flexibility index (Phi) is 5.40. The van der Waals surface area contributed by atoms with Gasteiger partial charge < -0.3 is 11.1 Å². The molecule has 2 rings (SSSR count). The van der Waals surface area contributed by atoms with E-state index in [1.165, 1.54) is 0 Å². The maximum Gasteiger partial charge on any atom is 0.225 e. The largest absolute Gasteiger partial charge is 0.330 e. The van der Waals surface area contributed by atoms with Crippen LogP contribution in [0.1, 0.15) is 19.8 Å². The molecular weight excluding hydrogens is 274 g/mol. The molecular formula is C15H22ClN3O. The van der Waals surface area contributed by atoms with E-state index in [4.69, 9.17) is 17.3 Å². The number of carbonyl (C=O) groups is 1. The Labute approximate surface area is 125 Å². The number of rotatable bonds is 5. The first-order valence-electron chi connectivity index (χ1n) is 7.08. The molecule has 1 aromatic carbocycles. The van der Waals surface area contributed by atoms with Gasteiger partial charge in [-0.15, -0.1) is 0 Å². The molecule has 0 radical (unpaired) electrons. The number of hydrogen-bond acceptors (Lipinski definition) is 3. The number of para-hydroxylation sites is 1. The first kappa shape index (κ1) is 15.3. The topological polar surface area (TPSA) is 58.4 Å². The molecule has 0 aliphatic carbocycles. The van der Waals surface area contributed by atoms with Crippen molar-refractivity contribution in [1.82, 2.24) is 4.90 Å². The normalized spacial score (nSPS) is 22.9. The molecule has 0 spiro atoms. The lowest BCUT2D eigenvalue weighted by atomic mass is 10.1. The molecule has 5 heteroatoms. The van der Waals surface area contributed by atoms with E-state index < -0.39 is 0 Å². The molecule has 2 atom stereocenters. The highest BCUT2D eigenvalue weighted by Gasteiger charge is 2.27. The number of nitrogens with zero attached hydrogens (tertiary/aromatic N) is 1. The molecule has 1 amide bonds. The van der Waals surface area contributed by atoms with Gasteiger partial charge in [-0.05, 0) is 37.9 Å². The van der Waals surface area contributed by atoms with Crippen LogP contribution in [0.5, 0.6) is 0 Å². The fourth-order valence-corrected chi connectivity index (χ4v) is 2.90.